The summed E-state index contributed by atoms with van der Waals surface area (Å²) in [7, 11) is 0. The minimum atomic E-state index is 0.575. The van der Waals surface area contributed by atoms with E-state index >= 15 is 0 Å². The summed E-state index contributed by atoms with van der Waals surface area (Å²) in [6.07, 6.45) is 0. The van der Waals surface area contributed by atoms with Gasteiger partial charge in [-0.15, -0.1) is 0 Å². The first-order valence-electron chi connectivity index (χ1n) is 20.0. The number of hydrogen-bond acceptors (Lipinski definition) is 3. The average Bonchev–Trinajstić information content (AvgIpc) is 3.67. The van der Waals surface area contributed by atoms with Gasteiger partial charge in [0.2, 0.25) is 5.95 Å². The average molecular weight is 751 g/mol. The van der Waals surface area contributed by atoms with Crippen molar-refractivity contribution in [1.82, 2.24) is 19.5 Å². The summed E-state index contributed by atoms with van der Waals surface area (Å²) in [6.45, 7) is 0. The molecule has 0 N–H and O–H groups in total. The Morgan fingerprint density at radius 1 is 0.271 bits per heavy atom. The molecule has 4 nitrogen and oxygen atoms in total. The Kier molecular flexibility index (Phi) is 7.50. The van der Waals surface area contributed by atoms with Crippen LogP contribution in [0.25, 0.3) is 116 Å². The second-order valence-corrected chi connectivity index (χ2v) is 15.2. The predicted octanol–water partition coefficient (Wildman–Crippen LogP) is 14.2. The predicted molar refractivity (Wildman–Crippen MR) is 246 cm³/mol. The van der Waals surface area contributed by atoms with Crippen molar-refractivity contribution in [3.05, 3.63) is 206 Å². The Hall–Kier alpha value is -7.95. The Morgan fingerprint density at radius 3 is 1.46 bits per heavy atom. The van der Waals surface area contributed by atoms with Crippen molar-refractivity contribution in [1.29, 1.82) is 0 Å². The number of nitrogens with zero attached hydrogens (tertiary/aromatic N) is 4. The lowest BCUT2D eigenvalue weighted by molar-refractivity contribution is 0.954. The Balaban J connectivity index is 1.13. The molecule has 0 aliphatic rings. The molecule has 10 aromatic carbocycles. The van der Waals surface area contributed by atoms with Crippen molar-refractivity contribution in [2.24, 2.45) is 0 Å². The van der Waals surface area contributed by atoms with Crippen LogP contribution < -0.4 is 0 Å². The molecule has 274 valence electrons. The third-order valence-electron chi connectivity index (χ3n) is 11.8. The van der Waals surface area contributed by atoms with Crippen LogP contribution in [-0.2, 0) is 0 Å². The van der Waals surface area contributed by atoms with E-state index in [1.165, 1.54) is 65.0 Å². The minimum absolute atomic E-state index is 0.575. The van der Waals surface area contributed by atoms with E-state index in [-0.39, 0.29) is 0 Å². The van der Waals surface area contributed by atoms with Gasteiger partial charge in [0.05, 0.1) is 11.0 Å². The van der Waals surface area contributed by atoms with Crippen LogP contribution in [-0.4, -0.2) is 19.5 Å². The molecular weight excluding hydrogens is 717 g/mol. The van der Waals surface area contributed by atoms with Gasteiger partial charge < -0.3 is 0 Å². The van der Waals surface area contributed by atoms with Crippen molar-refractivity contribution in [2.45, 2.75) is 0 Å². The van der Waals surface area contributed by atoms with Gasteiger partial charge >= 0.3 is 0 Å². The maximum Gasteiger partial charge on any atom is 0.238 e. The molecule has 0 saturated heterocycles. The fourth-order valence-corrected chi connectivity index (χ4v) is 9.11. The van der Waals surface area contributed by atoms with Gasteiger partial charge in [-0.1, -0.05) is 188 Å². The number of benzene rings is 10. The monoisotopic (exact) mass is 750 g/mol. The maximum absolute atomic E-state index is 5.37. The van der Waals surface area contributed by atoms with Crippen molar-refractivity contribution < 1.29 is 0 Å². The van der Waals surface area contributed by atoms with E-state index in [1.807, 2.05) is 24.3 Å². The number of aromatic nitrogens is 4. The molecule has 59 heavy (non-hydrogen) atoms. The van der Waals surface area contributed by atoms with Crippen molar-refractivity contribution >= 4 is 64.9 Å². The third kappa shape index (κ3) is 5.34. The first kappa shape index (κ1) is 33.2. The summed E-state index contributed by atoms with van der Waals surface area (Å²) in [5.41, 5.74) is 8.56. The molecule has 0 atom stereocenters. The molecule has 0 spiro atoms. The normalized spacial score (nSPS) is 11.7. The molecule has 0 radical (unpaired) electrons. The first-order chi connectivity index (χ1) is 29.3. The zero-order chi connectivity index (χ0) is 38.9. The van der Waals surface area contributed by atoms with Gasteiger partial charge in [-0.25, -0.2) is 4.98 Å². The van der Waals surface area contributed by atoms with E-state index in [2.05, 4.69) is 187 Å². The molecular formula is C55H34N4. The van der Waals surface area contributed by atoms with Crippen LogP contribution in [0.1, 0.15) is 0 Å². The molecule has 12 rings (SSSR count). The van der Waals surface area contributed by atoms with Crippen molar-refractivity contribution in [3.63, 3.8) is 0 Å². The smallest absolute Gasteiger partial charge is 0.238 e. The molecule has 0 aliphatic heterocycles. The van der Waals surface area contributed by atoms with E-state index < -0.39 is 0 Å². The van der Waals surface area contributed by atoms with Gasteiger partial charge in [0, 0.05) is 27.3 Å². The molecule has 0 fully saturated rings. The highest BCUT2D eigenvalue weighted by Crippen LogP contribution is 2.45. The summed E-state index contributed by atoms with van der Waals surface area (Å²) in [5, 5.41) is 12.2. The summed E-state index contributed by atoms with van der Waals surface area (Å²) < 4.78 is 2.25. The van der Waals surface area contributed by atoms with Gasteiger partial charge in [-0.2, -0.15) is 9.97 Å². The lowest BCUT2D eigenvalue weighted by atomic mass is 9.91. The molecule has 0 saturated carbocycles. The van der Waals surface area contributed by atoms with E-state index in [4.69, 9.17) is 15.0 Å². The first-order valence-corrected chi connectivity index (χ1v) is 20.0. The Labute approximate surface area is 340 Å². The standard InChI is InChI=1S/C55H34N4/c1-3-14-35(15-4-1)36-26-28-37(29-27-36)40-19-13-20-41(34-40)54-56-53(39-17-5-2-6-18-39)57-55(58-54)59-48-32-30-38-16-7-8-21-42(38)51(48)52-49(59)33-31-47-45-24-10-9-22-43(45)44-23-11-12-25-46(44)50(47)52/h1-34H. The van der Waals surface area contributed by atoms with E-state index in [9.17, 15) is 0 Å². The summed E-state index contributed by atoms with van der Waals surface area (Å²) in [4.78, 5) is 15.8. The van der Waals surface area contributed by atoms with Gasteiger partial charge in [-0.3, -0.25) is 4.57 Å². The molecule has 0 bridgehead atoms. The van der Waals surface area contributed by atoms with E-state index in [0.29, 0.717) is 17.6 Å². The molecule has 2 heterocycles. The van der Waals surface area contributed by atoms with Crippen LogP contribution in [0.4, 0.5) is 0 Å². The highest BCUT2D eigenvalue weighted by Gasteiger charge is 2.23. The zero-order valence-corrected chi connectivity index (χ0v) is 31.9. The number of rotatable bonds is 5. The molecule has 4 heteroatoms. The minimum Gasteiger partial charge on any atom is -0.278 e. The largest absolute Gasteiger partial charge is 0.278 e. The van der Waals surface area contributed by atoms with Gasteiger partial charge in [0.25, 0.3) is 0 Å². The van der Waals surface area contributed by atoms with Crippen LogP contribution in [0.15, 0.2) is 206 Å². The lowest BCUT2D eigenvalue weighted by Crippen LogP contribution is -2.06. The van der Waals surface area contributed by atoms with Crippen LogP contribution in [0, 0.1) is 0 Å². The number of hydrogen-bond donors (Lipinski definition) is 0. The summed E-state index contributed by atoms with van der Waals surface area (Å²) in [5.74, 6) is 1.81. The topological polar surface area (TPSA) is 43.6 Å². The van der Waals surface area contributed by atoms with Gasteiger partial charge in [0.1, 0.15) is 0 Å². The van der Waals surface area contributed by atoms with E-state index in [0.717, 1.165) is 33.3 Å². The highest BCUT2D eigenvalue weighted by molar-refractivity contribution is 6.37. The van der Waals surface area contributed by atoms with Crippen LogP contribution in [0.2, 0.25) is 0 Å². The Morgan fingerprint density at radius 2 is 0.746 bits per heavy atom. The van der Waals surface area contributed by atoms with Gasteiger partial charge in [0.15, 0.2) is 11.6 Å². The highest BCUT2D eigenvalue weighted by atomic mass is 15.2. The second kappa shape index (κ2) is 13.3. The van der Waals surface area contributed by atoms with Crippen molar-refractivity contribution in [3.8, 4) is 51.0 Å². The number of fused-ring (bicyclic) bond motifs is 12. The van der Waals surface area contributed by atoms with Crippen LogP contribution in [0.5, 0.6) is 0 Å². The molecule has 0 aliphatic carbocycles. The maximum atomic E-state index is 5.37. The molecule has 12 aromatic rings. The molecule has 0 unspecified atom stereocenters. The molecule has 2 aromatic heterocycles. The third-order valence-corrected chi connectivity index (χ3v) is 11.8. The van der Waals surface area contributed by atoms with Crippen LogP contribution in [0.3, 0.4) is 0 Å². The fraction of sp³-hybridized carbons (Fsp3) is 0. The lowest BCUT2D eigenvalue weighted by Gasteiger charge is -2.13. The van der Waals surface area contributed by atoms with Crippen molar-refractivity contribution in [2.75, 3.05) is 0 Å². The van der Waals surface area contributed by atoms with Gasteiger partial charge in [-0.05, 0) is 78.2 Å². The zero-order valence-electron chi connectivity index (χ0n) is 31.9. The van der Waals surface area contributed by atoms with Crippen LogP contribution >= 0.6 is 0 Å². The quantitative estimate of drug-likeness (QED) is 0.165. The summed E-state index contributed by atoms with van der Waals surface area (Å²) >= 11 is 0. The fourth-order valence-electron chi connectivity index (χ4n) is 9.11. The summed E-state index contributed by atoms with van der Waals surface area (Å²) in [6, 6.07) is 73.3. The SMILES string of the molecule is c1ccc(-c2ccc(-c3cccc(-c4nc(-c5ccccc5)nc(-n5c6ccc7ccccc7c6c6c7c8ccccc8c8ccccc8c7ccc65)n4)c3)cc2)cc1. The second-order valence-electron chi connectivity index (χ2n) is 15.2. The van der Waals surface area contributed by atoms with E-state index in [1.54, 1.807) is 0 Å². The Bertz CT molecular complexity index is 3550. The molecule has 0 amide bonds.